The minimum Gasteiger partial charge on any atom is -0.368 e. The van der Waals surface area contributed by atoms with Crippen LogP contribution in [0.4, 0.5) is 11.8 Å². The Morgan fingerprint density at radius 3 is 2.81 bits per heavy atom. The topological polar surface area (TPSA) is 63.8 Å². The van der Waals surface area contributed by atoms with Gasteiger partial charge in [0.2, 0.25) is 5.95 Å². The van der Waals surface area contributed by atoms with Crippen LogP contribution in [0.15, 0.2) is 6.07 Å². The molecule has 0 saturated heterocycles. The van der Waals surface area contributed by atoms with Gasteiger partial charge >= 0.3 is 0 Å². The molecule has 3 N–H and O–H groups in total. The van der Waals surface area contributed by atoms with E-state index >= 15 is 0 Å². The highest BCUT2D eigenvalue weighted by Crippen LogP contribution is 2.38. The maximum atomic E-state index is 5.84. The fourth-order valence-electron chi connectivity index (χ4n) is 2.28. The van der Waals surface area contributed by atoms with Crippen LogP contribution < -0.4 is 11.1 Å². The maximum Gasteiger partial charge on any atom is 0.223 e. The predicted octanol–water partition coefficient (Wildman–Crippen LogP) is 2.70. The van der Waals surface area contributed by atoms with Crippen LogP contribution in [0, 0.1) is 5.41 Å². The molecule has 1 unspecified atom stereocenters. The molecule has 0 aliphatic heterocycles. The van der Waals surface area contributed by atoms with E-state index in [4.69, 9.17) is 17.3 Å². The Morgan fingerprint density at radius 2 is 2.25 bits per heavy atom. The number of nitrogens with one attached hydrogen (secondary N) is 1. The molecule has 88 valence electrons. The van der Waals surface area contributed by atoms with Gasteiger partial charge < -0.3 is 11.1 Å². The summed E-state index contributed by atoms with van der Waals surface area (Å²) >= 11 is 5.84. The maximum absolute atomic E-state index is 5.84. The molecule has 0 bridgehead atoms. The van der Waals surface area contributed by atoms with Gasteiger partial charge in [-0.2, -0.15) is 4.98 Å². The van der Waals surface area contributed by atoms with E-state index in [1.54, 1.807) is 6.07 Å². The zero-order chi connectivity index (χ0) is 11.8. The molecule has 4 nitrogen and oxygen atoms in total. The van der Waals surface area contributed by atoms with Crippen LogP contribution in [-0.4, -0.2) is 16.0 Å². The standard InChI is InChI=1S/C11H17ClN4/c1-11(2)5-3-4-7(11)14-9-6-8(12)15-10(13)16-9/h6-7H,3-5H2,1-2H3,(H3,13,14,15,16). The average molecular weight is 241 g/mol. The fourth-order valence-corrected chi connectivity index (χ4v) is 2.47. The summed E-state index contributed by atoms with van der Waals surface area (Å²) in [6.45, 7) is 4.54. The first-order valence-corrected chi connectivity index (χ1v) is 5.92. The molecule has 5 heteroatoms. The van der Waals surface area contributed by atoms with E-state index in [1.807, 2.05) is 0 Å². The highest BCUT2D eigenvalue weighted by molar-refractivity contribution is 6.29. The van der Waals surface area contributed by atoms with E-state index in [2.05, 4.69) is 29.1 Å². The van der Waals surface area contributed by atoms with Crippen LogP contribution in [0.3, 0.4) is 0 Å². The second kappa shape index (κ2) is 4.09. The summed E-state index contributed by atoms with van der Waals surface area (Å²) in [5, 5.41) is 3.78. The highest BCUT2D eigenvalue weighted by atomic mass is 35.5. The lowest BCUT2D eigenvalue weighted by Gasteiger charge is -2.28. The first-order valence-electron chi connectivity index (χ1n) is 5.54. The highest BCUT2D eigenvalue weighted by Gasteiger charge is 2.34. The molecular weight excluding hydrogens is 224 g/mol. The van der Waals surface area contributed by atoms with Crippen molar-refractivity contribution in [3.05, 3.63) is 11.2 Å². The van der Waals surface area contributed by atoms with Gasteiger partial charge in [0.1, 0.15) is 11.0 Å². The molecule has 16 heavy (non-hydrogen) atoms. The van der Waals surface area contributed by atoms with E-state index in [0.29, 0.717) is 16.6 Å². The second-order valence-corrected chi connectivity index (χ2v) is 5.40. The van der Waals surface area contributed by atoms with Gasteiger partial charge in [-0.05, 0) is 18.3 Å². The Labute approximate surface area is 101 Å². The Balaban J connectivity index is 2.14. The number of halogens is 1. The summed E-state index contributed by atoms with van der Waals surface area (Å²) in [6, 6.07) is 2.14. The lowest BCUT2D eigenvalue weighted by atomic mass is 9.87. The summed E-state index contributed by atoms with van der Waals surface area (Å²) in [4.78, 5) is 7.97. The van der Waals surface area contributed by atoms with Crippen LogP contribution in [0.25, 0.3) is 0 Å². The number of nitrogens with two attached hydrogens (primary N) is 1. The smallest absolute Gasteiger partial charge is 0.223 e. The molecule has 0 spiro atoms. The zero-order valence-electron chi connectivity index (χ0n) is 9.63. The Kier molecular flexibility index (Phi) is 2.93. The minimum atomic E-state index is 0.214. The van der Waals surface area contributed by atoms with E-state index in [1.165, 1.54) is 12.8 Å². The van der Waals surface area contributed by atoms with Crippen molar-refractivity contribution in [1.29, 1.82) is 0 Å². The van der Waals surface area contributed by atoms with E-state index < -0.39 is 0 Å². The molecule has 1 fully saturated rings. The number of hydrogen-bond donors (Lipinski definition) is 2. The van der Waals surface area contributed by atoms with Gasteiger partial charge in [-0.25, -0.2) is 4.98 Å². The van der Waals surface area contributed by atoms with Gasteiger partial charge in [0, 0.05) is 12.1 Å². The molecule has 1 aromatic heterocycles. The first-order chi connectivity index (χ1) is 7.47. The molecule has 1 atom stereocenters. The first kappa shape index (κ1) is 11.5. The van der Waals surface area contributed by atoms with Gasteiger partial charge in [-0.1, -0.05) is 31.9 Å². The fraction of sp³-hybridized carbons (Fsp3) is 0.636. The van der Waals surface area contributed by atoms with Crippen molar-refractivity contribution in [3.63, 3.8) is 0 Å². The van der Waals surface area contributed by atoms with Gasteiger partial charge in [-0.15, -0.1) is 0 Å². The summed E-state index contributed by atoms with van der Waals surface area (Å²) in [5.74, 6) is 0.934. The molecule has 0 radical (unpaired) electrons. The Hall–Kier alpha value is -1.03. The van der Waals surface area contributed by atoms with Crippen LogP contribution >= 0.6 is 11.6 Å². The summed E-state index contributed by atoms with van der Waals surface area (Å²) in [6.07, 6.45) is 3.65. The van der Waals surface area contributed by atoms with Crippen molar-refractivity contribution in [3.8, 4) is 0 Å². The Morgan fingerprint density at radius 1 is 1.50 bits per heavy atom. The molecule has 1 aliphatic carbocycles. The predicted molar refractivity (Wildman–Crippen MR) is 66.5 cm³/mol. The molecule has 0 amide bonds. The van der Waals surface area contributed by atoms with Gasteiger partial charge in [0.15, 0.2) is 0 Å². The third kappa shape index (κ3) is 2.38. The third-order valence-electron chi connectivity index (χ3n) is 3.29. The number of nitrogens with zero attached hydrogens (tertiary/aromatic N) is 2. The van der Waals surface area contributed by atoms with Crippen LogP contribution in [0.5, 0.6) is 0 Å². The van der Waals surface area contributed by atoms with Gasteiger partial charge in [-0.3, -0.25) is 0 Å². The van der Waals surface area contributed by atoms with Crippen LogP contribution in [0.1, 0.15) is 33.1 Å². The SMILES string of the molecule is CC1(C)CCCC1Nc1cc(Cl)nc(N)n1. The number of nitrogen functional groups attached to an aromatic ring is 1. The normalized spacial score (nSPS) is 23.3. The summed E-state index contributed by atoms with van der Waals surface area (Å²) in [7, 11) is 0. The molecule has 0 aromatic carbocycles. The van der Waals surface area contributed by atoms with E-state index in [-0.39, 0.29) is 5.95 Å². The zero-order valence-corrected chi connectivity index (χ0v) is 10.4. The van der Waals surface area contributed by atoms with Crippen LogP contribution in [-0.2, 0) is 0 Å². The molecule has 1 aliphatic rings. The minimum absolute atomic E-state index is 0.214. The average Bonchev–Trinajstić information content (AvgIpc) is 2.44. The molecule has 1 aromatic rings. The second-order valence-electron chi connectivity index (χ2n) is 5.01. The largest absolute Gasteiger partial charge is 0.368 e. The summed E-state index contributed by atoms with van der Waals surface area (Å²) < 4.78 is 0. The van der Waals surface area contributed by atoms with Gasteiger partial charge in [0.25, 0.3) is 0 Å². The summed E-state index contributed by atoms with van der Waals surface area (Å²) in [5.41, 5.74) is 5.85. The van der Waals surface area contributed by atoms with E-state index in [9.17, 15) is 0 Å². The quantitative estimate of drug-likeness (QED) is 0.781. The lowest BCUT2D eigenvalue weighted by molar-refractivity contribution is 0.349. The number of aromatic nitrogens is 2. The van der Waals surface area contributed by atoms with Crippen molar-refractivity contribution in [2.24, 2.45) is 5.41 Å². The van der Waals surface area contributed by atoms with Crippen molar-refractivity contribution in [1.82, 2.24) is 9.97 Å². The molecule has 1 saturated carbocycles. The Bertz CT molecular complexity index is 371. The number of anilines is 2. The number of rotatable bonds is 2. The van der Waals surface area contributed by atoms with Crippen molar-refractivity contribution in [2.75, 3.05) is 11.1 Å². The third-order valence-corrected chi connectivity index (χ3v) is 3.49. The van der Waals surface area contributed by atoms with Crippen molar-refractivity contribution < 1.29 is 0 Å². The van der Waals surface area contributed by atoms with Gasteiger partial charge in [0.05, 0.1) is 0 Å². The lowest BCUT2D eigenvalue weighted by Crippen LogP contribution is -2.31. The monoisotopic (exact) mass is 240 g/mol. The van der Waals surface area contributed by atoms with E-state index in [0.717, 1.165) is 12.2 Å². The number of hydrogen-bond acceptors (Lipinski definition) is 4. The molecule has 2 rings (SSSR count). The molecular formula is C11H17ClN4. The molecule has 1 heterocycles. The van der Waals surface area contributed by atoms with Crippen molar-refractivity contribution in [2.45, 2.75) is 39.2 Å². The van der Waals surface area contributed by atoms with Crippen molar-refractivity contribution >= 4 is 23.4 Å². The van der Waals surface area contributed by atoms with Crippen LogP contribution in [0.2, 0.25) is 5.15 Å².